The Hall–Kier alpha value is -3.12. The van der Waals surface area contributed by atoms with Gasteiger partial charge in [-0.3, -0.25) is 4.79 Å². The summed E-state index contributed by atoms with van der Waals surface area (Å²) in [6.45, 7) is 1.27. The smallest absolute Gasteiger partial charge is 0.434 e. The predicted octanol–water partition coefficient (Wildman–Crippen LogP) is 2.77. The van der Waals surface area contributed by atoms with Crippen molar-refractivity contribution < 1.29 is 22.7 Å². The Morgan fingerprint density at radius 3 is 2.68 bits per heavy atom. The van der Waals surface area contributed by atoms with Crippen molar-refractivity contribution in [3.63, 3.8) is 0 Å². The Labute approximate surface area is 159 Å². The van der Waals surface area contributed by atoms with E-state index in [9.17, 15) is 18.0 Å². The van der Waals surface area contributed by atoms with Gasteiger partial charge in [0.2, 0.25) is 0 Å². The fourth-order valence-corrected chi connectivity index (χ4v) is 3.07. The third kappa shape index (κ3) is 4.07. The molecule has 1 saturated heterocycles. The fourth-order valence-electron chi connectivity index (χ4n) is 3.07. The van der Waals surface area contributed by atoms with Gasteiger partial charge in [0.05, 0.1) is 18.2 Å². The van der Waals surface area contributed by atoms with Crippen LogP contribution in [0.1, 0.15) is 33.2 Å². The molecule has 1 atom stereocenters. The molecule has 9 heteroatoms. The summed E-state index contributed by atoms with van der Waals surface area (Å²) in [4.78, 5) is 17.6. The van der Waals surface area contributed by atoms with Gasteiger partial charge in [0.1, 0.15) is 11.8 Å². The van der Waals surface area contributed by atoms with Crippen LogP contribution in [0.4, 0.5) is 13.2 Å². The van der Waals surface area contributed by atoms with Crippen molar-refractivity contribution in [2.45, 2.75) is 12.2 Å². The van der Waals surface area contributed by atoms with E-state index in [0.29, 0.717) is 25.4 Å². The van der Waals surface area contributed by atoms with Gasteiger partial charge < -0.3 is 15.0 Å². The molecule has 1 aliphatic heterocycles. The van der Waals surface area contributed by atoms with Crippen molar-refractivity contribution in [2.75, 3.05) is 26.7 Å². The van der Waals surface area contributed by atoms with E-state index in [1.807, 2.05) is 24.3 Å². The van der Waals surface area contributed by atoms with Crippen LogP contribution in [0.25, 0.3) is 0 Å². The van der Waals surface area contributed by atoms with Crippen LogP contribution >= 0.6 is 0 Å². The molecule has 0 bridgehead atoms. The van der Waals surface area contributed by atoms with Crippen LogP contribution in [0.5, 0.6) is 5.75 Å². The molecule has 1 aliphatic rings. The van der Waals surface area contributed by atoms with E-state index in [4.69, 9.17) is 10.00 Å². The maximum atomic E-state index is 12.9. The molecule has 0 aliphatic carbocycles. The summed E-state index contributed by atoms with van der Waals surface area (Å²) in [6.07, 6.45) is -3.88. The van der Waals surface area contributed by atoms with Gasteiger partial charge in [0, 0.05) is 31.9 Å². The molecule has 0 radical (unpaired) electrons. The second-order valence-electron chi connectivity index (χ2n) is 6.26. The van der Waals surface area contributed by atoms with E-state index in [0.717, 1.165) is 17.8 Å². The number of benzene rings is 1. The lowest BCUT2D eigenvalue weighted by Crippen LogP contribution is -2.48. The number of hydrogen-bond acceptors (Lipinski definition) is 5. The number of nitrogens with one attached hydrogen (secondary N) is 1. The van der Waals surface area contributed by atoms with E-state index in [1.165, 1.54) is 11.0 Å². The summed E-state index contributed by atoms with van der Waals surface area (Å²) in [7, 11) is 1.57. The fraction of sp³-hybridized carbons (Fsp3) is 0.316. The van der Waals surface area contributed by atoms with Crippen molar-refractivity contribution in [3.05, 3.63) is 58.9 Å². The van der Waals surface area contributed by atoms with Gasteiger partial charge in [0.25, 0.3) is 5.91 Å². The lowest BCUT2D eigenvalue weighted by Gasteiger charge is -2.34. The van der Waals surface area contributed by atoms with Gasteiger partial charge in [-0.2, -0.15) is 18.4 Å². The highest BCUT2D eigenvalue weighted by molar-refractivity contribution is 5.94. The largest absolute Gasteiger partial charge is 0.497 e. The van der Waals surface area contributed by atoms with Crippen LogP contribution in [0.2, 0.25) is 0 Å². The number of carbonyl (C=O) groups is 1. The van der Waals surface area contributed by atoms with Crippen molar-refractivity contribution >= 4 is 5.91 Å². The number of amides is 1. The zero-order chi connectivity index (χ0) is 20.3. The number of rotatable bonds is 3. The number of pyridine rings is 1. The monoisotopic (exact) mass is 390 g/mol. The summed E-state index contributed by atoms with van der Waals surface area (Å²) in [5.74, 6) is 0.255. The molecule has 1 aromatic heterocycles. The Bertz CT molecular complexity index is 907. The maximum absolute atomic E-state index is 12.9. The van der Waals surface area contributed by atoms with E-state index < -0.39 is 23.3 Å². The van der Waals surface area contributed by atoms with Gasteiger partial charge in [0.15, 0.2) is 5.69 Å². The average molecular weight is 390 g/mol. The van der Waals surface area contributed by atoms with Gasteiger partial charge in [-0.05, 0) is 23.8 Å². The number of carbonyl (C=O) groups excluding carboxylic acids is 1. The van der Waals surface area contributed by atoms with Crippen molar-refractivity contribution in [2.24, 2.45) is 0 Å². The minimum Gasteiger partial charge on any atom is -0.497 e. The molecule has 28 heavy (non-hydrogen) atoms. The Morgan fingerprint density at radius 2 is 2.07 bits per heavy atom. The molecule has 1 unspecified atom stereocenters. The van der Waals surface area contributed by atoms with E-state index in [-0.39, 0.29) is 11.6 Å². The van der Waals surface area contributed by atoms with Gasteiger partial charge in [-0.15, -0.1) is 0 Å². The van der Waals surface area contributed by atoms with Crippen LogP contribution in [0, 0.1) is 11.3 Å². The number of aromatic nitrogens is 1. The minimum atomic E-state index is -4.75. The molecule has 146 valence electrons. The number of methoxy groups -OCH3 is 1. The van der Waals surface area contributed by atoms with Crippen LogP contribution in [0.3, 0.4) is 0 Å². The first-order valence-electron chi connectivity index (χ1n) is 8.47. The zero-order valence-corrected chi connectivity index (χ0v) is 15.0. The third-order valence-electron chi connectivity index (χ3n) is 4.50. The first kappa shape index (κ1) is 19.6. The van der Waals surface area contributed by atoms with Crippen LogP contribution in [-0.2, 0) is 6.18 Å². The Balaban J connectivity index is 1.79. The molecular weight excluding hydrogens is 373 g/mol. The SMILES string of the molecule is COc1ccc(C2CN(C(=O)c3cnc(C(F)(F)F)c(C#N)c3)CCN2)cc1. The quantitative estimate of drug-likeness (QED) is 0.872. The molecule has 1 N–H and O–H groups in total. The number of ether oxygens (including phenoxy) is 1. The lowest BCUT2D eigenvalue weighted by molar-refractivity contribution is -0.141. The molecule has 1 amide bonds. The highest BCUT2D eigenvalue weighted by Gasteiger charge is 2.36. The molecule has 2 aromatic rings. The van der Waals surface area contributed by atoms with Gasteiger partial charge >= 0.3 is 6.18 Å². The number of hydrogen-bond donors (Lipinski definition) is 1. The number of piperazine rings is 1. The molecule has 6 nitrogen and oxygen atoms in total. The molecule has 0 spiro atoms. The summed E-state index contributed by atoms with van der Waals surface area (Å²) < 4.78 is 43.8. The van der Waals surface area contributed by atoms with E-state index >= 15 is 0 Å². The lowest BCUT2D eigenvalue weighted by atomic mass is 10.0. The second kappa shape index (κ2) is 7.86. The first-order chi connectivity index (χ1) is 13.3. The summed E-state index contributed by atoms with van der Waals surface area (Å²) in [5.41, 5.74) is -1.04. The molecule has 1 aromatic carbocycles. The molecular formula is C19H17F3N4O2. The van der Waals surface area contributed by atoms with Crippen LogP contribution in [-0.4, -0.2) is 42.5 Å². The molecule has 1 fully saturated rings. The van der Waals surface area contributed by atoms with Crippen LogP contribution in [0.15, 0.2) is 36.5 Å². The topological polar surface area (TPSA) is 78.2 Å². The van der Waals surface area contributed by atoms with Crippen molar-refractivity contribution in [3.8, 4) is 11.8 Å². The van der Waals surface area contributed by atoms with Gasteiger partial charge in [-0.25, -0.2) is 4.98 Å². The van der Waals surface area contributed by atoms with Crippen molar-refractivity contribution in [1.82, 2.24) is 15.2 Å². The number of nitrogens with zero attached hydrogens (tertiary/aromatic N) is 3. The maximum Gasteiger partial charge on any atom is 0.434 e. The molecule has 0 saturated carbocycles. The van der Waals surface area contributed by atoms with Crippen LogP contribution < -0.4 is 10.1 Å². The standard InChI is InChI=1S/C19H17F3N4O2/c1-28-15-4-2-12(3-5-15)16-11-26(7-6-24-16)18(27)14-8-13(9-23)17(25-10-14)19(20,21)22/h2-5,8,10,16,24H,6-7,11H2,1H3. The first-order valence-corrected chi connectivity index (χ1v) is 8.47. The Morgan fingerprint density at radius 1 is 1.36 bits per heavy atom. The van der Waals surface area contributed by atoms with Crippen molar-refractivity contribution in [1.29, 1.82) is 5.26 Å². The predicted molar refractivity (Wildman–Crippen MR) is 93.6 cm³/mol. The molecule has 3 rings (SSSR count). The summed E-state index contributed by atoms with van der Waals surface area (Å²) >= 11 is 0. The van der Waals surface area contributed by atoms with Gasteiger partial charge in [-0.1, -0.05) is 12.1 Å². The summed E-state index contributed by atoms with van der Waals surface area (Å²) in [5, 5.41) is 12.3. The highest BCUT2D eigenvalue weighted by atomic mass is 19.4. The van der Waals surface area contributed by atoms with E-state index in [2.05, 4.69) is 10.3 Å². The highest BCUT2D eigenvalue weighted by Crippen LogP contribution is 2.30. The number of alkyl halides is 3. The van der Waals surface area contributed by atoms with E-state index in [1.54, 1.807) is 7.11 Å². The Kier molecular flexibility index (Phi) is 5.51. The number of halogens is 3. The normalized spacial score (nSPS) is 17.1. The summed E-state index contributed by atoms with van der Waals surface area (Å²) in [6, 6.07) is 9.70. The third-order valence-corrected chi connectivity index (χ3v) is 4.50. The average Bonchev–Trinajstić information content (AvgIpc) is 2.72. The minimum absolute atomic E-state index is 0.0417. The second-order valence-corrected chi connectivity index (χ2v) is 6.26. The molecule has 2 heterocycles. The zero-order valence-electron chi connectivity index (χ0n) is 15.0. The number of nitriles is 1.